The van der Waals surface area contributed by atoms with Crippen LogP contribution in [-0.4, -0.2) is 76.9 Å². The number of nitrogens with one attached hydrogen (secondary N) is 3. The summed E-state index contributed by atoms with van der Waals surface area (Å²) < 4.78 is 6.03. The van der Waals surface area contributed by atoms with Gasteiger partial charge in [-0.25, -0.2) is 4.98 Å². The lowest BCUT2D eigenvalue weighted by atomic mass is 10.1. The number of rotatable bonds is 5. The fourth-order valence-electron chi connectivity index (χ4n) is 4.52. The molecule has 2 aromatic carbocycles. The number of hydrogen-bond donors (Lipinski definition) is 3. The van der Waals surface area contributed by atoms with Crippen molar-refractivity contribution >= 4 is 39.2 Å². The average Bonchev–Trinajstić information content (AvgIpc) is 3.38. The van der Waals surface area contributed by atoms with E-state index in [1.807, 2.05) is 24.3 Å². The summed E-state index contributed by atoms with van der Waals surface area (Å²) in [4.78, 5) is 24.5. The van der Waals surface area contributed by atoms with Crippen LogP contribution in [-0.2, 0) is 9.53 Å². The second kappa shape index (κ2) is 8.49. The molecule has 1 saturated heterocycles. The van der Waals surface area contributed by atoms with Crippen molar-refractivity contribution in [3.63, 3.8) is 0 Å². The van der Waals surface area contributed by atoms with Gasteiger partial charge in [0.1, 0.15) is 5.69 Å². The van der Waals surface area contributed by atoms with Crippen LogP contribution in [0.1, 0.15) is 13.8 Å². The van der Waals surface area contributed by atoms with Crippen LogP contribution in [0, 0.1) is 0 Å². The molecule has 0 spiro atoms. The van der Waals surface area contributed by atoms with Gasteiger partial charge in [0.15, 0.2) is 5.82 Å². The molecular weight excluding hydrogens is 418 g/mol. The molecule has 1 fully saturated rings. The van der Waals surface area contributed by atoms with Crippen molar-refractivity contribution in [3.8, 4) is 11.5 Å². The number of H-pyrrole nitrogens is 2. The predicted octanol–water partition coefficient (Wildman–Crippen LogP) is 3.22. The maximum Gasteiger partial charge on any atom is 0.221 e. The highest BCUT2D eigenvalue weighted by Gasteiger charge is 2.27. The lowest BCUT2D eigenvalue weighted by molar-refractivity contribution is -0.114. The molecule has 172 valence electrons. The normalized spacial score (nSPS) is 19.0. The number of ether oxygens (including phenoxy) is 1. The van der Waals surface area contributed by atoms with Gasteiger partial charge in [0.05, 0.1) is 40.3 Å². The highest BCUT2D eigenvalue weighted by Crippen LogP contribution is 2.33. The molecule has 3 heterocycles. The monoisotopic (exact) mass is 447 g/mol. The number of imidazole rings is 1. The number of aromatic amines is 2. The number of amides is 1. The van der Waals surface area contributed by atoms with E-state index < -0.39 is 0 Å². The largest absolute Gasteiger partial charge is 0.373 e. The summed E-state index contributed by atoms with van der Waals surface area (Å²) in [5, 5.41) is 11.3. The van der Waals surface area contributed by atoms with Gasteiger partial charge in [-0.1, -0.05) is 6.07 Å². The van der Waals surface area contributed by atoms with E-state index in [0.29, 0.717) is 29.9 Å². The summed E-state index contributed by atoms with van der Waals surface area (Å²) in [5.41, 5.74) is 5.18. The number of carbonyl (C=O) groups is 1. The molecule has 9 heteroatoms. The van der Waals surface area contributed by atoms with Crippen LogP contribution >= 0.6 is 0 Å². The Labute approximate surface area is 192 Å². The van der Waals surface area contributed by atoms with Crippen molar-refractivity contribution in [1.29, 1.82) is 0 Å². The average molecular weight is 448 g/mol. The fourth-order valence-corrected chi connectivity index (χ4v) is 4.52. The van der Waals surface area contributed by atoms with Gasteiger partial charge < -0.3 is 24.8 Å². The lowest BCUT2D eigenvalue weighted by Crippen LogP contribution is -2.51. The third kappa shape index (κ3) is 4.17. The Kier molecular flexibility index (Phi) is 5.51. The number of carbonyl (C=O) groups excluding carboxylic acids is 1. The molecular formula is C24H29N7O2. The molecule has 0 radical (unpaired) electrons. The Balaban J connectivity index is 1.50. The highest BCUT2D eigenvalue weighted by molar-refractivity contribution is 6.06. The molecule has 2 atom stereocenters. The maximum atomic E-state index is 11.7. The zero-order chi connectivity index (χ0) is 23.1. The first-order valence-electron chi connectivity index (χ1n) is 11.2. The number of nitrogens with zero attached hydrogens (tertiary/aromatic N) is 4. The number of fused-ring (bicyclic) bond motifs is 2. The van der Waals surface area contributed by atoms with Crippen LogP contribution in [0.15, 0.2) is 36.4 Å². The smallest absolute Gasteiger partial charge is 0.221 e. The van der Waals surface area contributed by atoms with Crippen LogP contribution in [0.25, 0.3) is 33.5 Å². The van der Waals surface area contributed by atoms with Gasteiger partial charge in [0, 0.05) is 31.7 Å². The second-order valence-electron chi connectivity index (χ2n) is 8.99. The summed E-state index contributed by atoms with van der Waals surface area (Å²) in [7, 11) is 4.14. The van der Waals surface area contributed by atoms with Crippen LogP contribution in [0.5, 0.6) is 0 Å². The third-order valence-electron chi connectivity index (χ3n) is 6.00. The van der Waals surface area contributed by atoms with E-state index in [-0.39, 0.29) is 12.0 Å². The summed E-state index contributed by atoms with van der Waals surface area (Å²) >= 11 is 0. The summed E-state index contributed by atoms with van der Waals surface area (Å²) in [5.74, 6) is 0.530. The van der Waals surface area contributed by atoms with Gasteiger partial charge in [0.25, 0.3) is 0 Å². The predicted molar refractivity (Wildman–Crippen MR) is 131 cm³/mol. The van der Waals surface area contributed by atoms with Gasteiger partial charge >= 0.3 is 0 Å². The van der Waals surface area contributed by atoms with E-state index in [4.69, 9.17) is 9.72 Å². The van der Waals surface area contributed by atoms with Gasteiger partial charge in [-0.2, -0.15) is 5.10 Å². The van der Waals surface area contributed by atoms with Crippen molar-refractivity contribution < 1.29 is 9.53 Å². The first kappa shape index (κ1) is 21.4. The summed E-state index contributed by atoms with van der Waals surface area (Å²) in [6, 6.07) is 12.3. The van der Waals surface area contributed by atoms with Gasteiger partial charge in [-0.3, -0.25) is 9.89 Å². The molecule has 0 saturated carbocycles. The van der Waals surface area contributed by atoms with Crippen molar-refractivity contribution in [2.75, 3.05) is 44.0 Å². The lowest BCUT2D eigenvalue weighted by Gasteiger charge is -2.40. The number of aromatic nitrogens is 4. The van der Waals surface area contributed by atoms with Gasteiger partial charge in [-0.15, -0.1) is 0 Å². The summed E-state index contributed by atoms with van der Waals surface area (Å²) in [6.45, 7) is 6.12. The number of hydrogen-bond acceptors (Lipinski definition) is 6. The van der Waals surface area contributed by atoms with Crippen LogP contribution in [0.3, 0.4) is 0 Å². The molecule has 1 aliphatic heterocycles. The molecule has 0 bridgehead atoms. The quantitative estimate of drug-likeness (QED) is 0.434. The Morgan fingerprint density at radius 1 is 1.27 bits per heavy atom. The molecule has 9 nitrogen and oxygen atoms in total. The van der Waals surface area contributed by atoms with E-state index in [2.05, 4.69) is 63.4 Å². The Morgan fingerprint density at radius 3 is 2.91 bits per heavy atom. The molecule has 5 rings (SSSR count). The number of morpholine rings is 1. The van der Waals surface area contributed by atoms with Crippen LogP contribution in [0.4, 0.5) is 11.4 Å². The fraction of sp³-hybridized carbons (Fsp3) is 0.375. The Morgan fingerprint density at radius 2 is 2.12 bits per heavy atom. The van der Waals surface area contributed by atoms with E-state index in [9.17, 15) is 4.79 Å². The molecule has 33 heavy (non-hydrogen) atoms. The van der Waals surface area contributed by atoms with Crippen molar-refractivity contribution in [1.82, 2.24) is 25.1 Å². The minimum absolute atomic E-state index is 0.129. The first-order valence-corrected chi connectivity index (χ1v) is 11.2. The summed E-state index contributed by atoms with van der Waals surface area (Å²) in [6.07, 6.45) is 0.173. The minimum Gasteiger partial charge on any atom is -0.373 e. The first-order chi connectivity index (χ1) is 15.9. The Hall–Kier alpha value is -3.43. The van der Waals surface area contributed by atoms with Crippen LogP contribution in [0.2, 0.25) is 0 Å². The van der Waals surface area contributed by atoms with Crippen molar-refractivity contribution in [3.05, 3.63) is 36.4 Å². The molecule has 2 unspecified atom stereocenters. The van der Waals surface area contributed by atoms with Gasteiger partial charge in [0.2, 0.25) is 5.91 Å². The van der Waals surface area contributed by atoms with Gasteiger partial charge in [-0.05, 0) is 51.4 Å². The van der Waals surface area contributed by atoms with Crippen LogP contribution < -0.4 is 10.2 Å². The van der Waals surface area contributed by atoms with E-state index in [1.165, 1.54) is 6.92 Å². The standard InChI is InChI=1S/C24H29N7O2/c1-14-13-33-17(11-30(3)4)12-31(14)16-8-9-18-21(10-16)27-24(26-18)23-22-19(25-15(2)32)6-5-7-20(22)28-29-23/h5-10,14,17H,11-13H2,1-4H3,(H,25,32)(H,26,27)(H,28,29). The molecule has 3 N–H and O–H groups in total. The third-order valence-corrected chi connectivity index (χ3v) is 6.00. The van der Waals surface area contributed by atoms with E-state index >= 15 is 0 Å². The van der Waals surface area contributed by atoms with Crippen molar-refractivity contribution in [2.45, 2.75) is 26.0 Å². The Bertz CT molecular complexity index is 1310. The number of likely N-dealkylation sites (N-methyl/N-ethyl adjacent to an activating group) is 1. The SMILES string of the molecule is CC(=O)Nc1cccc2[nH]nc(-c3nc4ccc(N5CC(CN(C)C)OCC5C)cc4[nH]3)c12. The zero-order valence-electron chi connectivity index (χ0n) is 19.3. The van der Waals surface area contributed by atoms with E-state index in [0.717, 1.165) is 40.7 Å². The zero-order valence-corrected chi connectivity index (χ0v) is 19.3. The maximum absolute atomic E-state index is 11.7. The molecule has 1 amide bonds. The van der Waals surface area contributed by atoms with E-state index in [1.54, 1.807) is 0 Å². The molecule has 2 aromatic heterocycles. The minimum atomic E-state index is -0.129. The molecule has 0 aliphatic carbocycles. The number of anilines is 2. The molecule has 4 aromatic rings. The molecule has 1 aliphatic rings. The second-order valence-corrected chi connectivity index (χ2v) is 8.99. The topological polar surface area (TPSA) is 102 Å². The highest BCUT2D eigenvalue weighted by atomic mass is 16.5. The number of benzene rings is 2. The van der Waals surface area contributed by atoms with Crippen molar-refractivity contribution in [2.24, 2.45) is 0 Å².